The molecule has 0 amide bonds. The molecular weight excluding hydrogens is 605 g/mol. The smallest absolute Gasteiger partial charge is 0.265 e. The van der Waals surface area contributed by atoms with E-state index in [1.54, 1.807) is 0 Å². The quantitative estimate of drug-likeness (QED) is 0.104. The van der Waals surface area contributed by atoms with Gasteiger partial charge in [-0.2, -0.15) is 0 Å². The number of fused-ring (bicyclic) bond motifs is 7. The normalized spacial score (nSPS) is 13.1. The summed E-state index contributed by atoms with van der Waals surface area (Å²) >= 11 is 2.22. The molecule has 0 spiro atoms. The lowest BCUT2D eigenvalue weighted by Crippen LogP contribution is -2.06. The standard InChI is InChI=1S/C35H26IN3O/c1-3-5-7-18-15-22-29-27-20(18)11-9-17-10-12-21-19(8-6-4-2)16-23(30(29)28(21)26(17)27)32-31(22)34-38-33-24(39(34)35(32)40)13-14-25(36)37-33/h9-16H,3-8H2,1-2H3. The zero-order valence-corrected chi connectivity index (χ0v) is 24.6. The van der Waals surface area contributed by atoms with E-state index < -0.39 is 0 Å². The maximum atomic E-state index is 14.5. The van der Waals surface area contributed by atoms with Gasteiger partial charge in [0.25, 0.3) is 5.56 Å². The first-order chi connectivity index (χ1) is 19.6. The Labute approximate surface area is 243 Å². The first kappa shape index (κ1) is 23.2. The minimum absolute atomic E-state index is 0.0246. The van der Waals surface area contributed by atoms with E-state index in [0.29, 0.717) is 5.65 Å². The van der Waals surface area contributed by atoms with Crippen LogP contribution in [0.4, 0.5) is 0 Å². The number of rotatable bonds is 6. The van der Waals surface area contributed by atoms with E-state index in [1.165, 1.54) is 59.6 Å². The molecule has 0 atom stereocenters. The van der Waals surface area contributed by atoms with Gasteiger partial charge in [0.15, 0.2) is 11.3 Å². The number of benzene rings is 5. The van der Waals surface area contributed by atoms with Gasteiger partial charge >= 0.3 is 0 Å². The maximum Gasteiger partial charge on any atom is 0.265 e. The summed E-state index contributed by atoms with van der Waals surface area (Å²) < 4.78 is 2.70. The zero-order chi connectivity index (χ0) is 26.9. The molecule has 0 radical (unpaired) electrons. The molecule has 9 aromatic rings. The van der Waals surface area contributed by atoms with Crippen molar-refractivity contribution >= 4 is 104 Å². The Hall–Kier alpha value is -3.58. The van der Waals surface area contributed by atoms with E-state index in [1.807, 2.05) is 16.5 Å². The third-order valence-corrected chi connectivity index (χ3v) is 9.92. The van der Waals surface area contributed by atoms with Crippen LogP contribution in [0.25, 0.3) is 81.4 Å². The van der Waals surface area contributed by atoms with E-state index >= 15 is 0 Å². The van der Waals surface area contributed by atoms with Gasteiger partial charge in [-0.25, -0.2) is 9.97 Å². The molecule has 4 nitrogen and oxygen atoms in total. The highest BCUT2D eigenvalue weighted by Gasteiger charge is 2.29. The number of halogens is 1. The molecule has 3 heterocycles. The summed E-state index contributed by atoms with van der Waals surface area (Å²) in [5.74, 6) is 0. The van der Waals surface area contributed by atoms with E-state index in [-0.39, 0.29) is 5.56 Å². The Bertz CT molecular complexity index is 2490. The van der Waals surface area contributed by atoms with Crippen molar-refractivity contribution in [1.29, 1.82) is 0 Å². The van der Waals surface area contributed by atoms with Crippen LogP contribution < -0.4 is 5.56 Å². The summed E-state index contributed by atoms with van der Waals surface area (Å²) in [5, 5.41) is 14.7. The van der Waals surface area contributed by atoms with E-state index in [2.05, 4.69) is 77.8 Å². The van der Waals surface area contributed by atoms with Crippen LogP contribution in [0.15, 0.2) is 53.3 Å². The number of aromatic nitrogens is 3. The van der Waals surface area contributed by atoms with Gasteiger partial charge in [-0.15, -0.1) is 0 Å². The van der Waals surface area contributed by atoms with Gasteiger partial charge in [0.05, 0.1) is 10.9 Å². The van der Waals surface area contributed by atoms with Crippen molar-refractivity contribution in [3.8, 4) is 0 Å². The van der Waals surface area contributed by atoms with Crippen LogP contribution in [0.5, 0.6) is 0 Å². The lowest BCUT2D eigenvalue weighted by molar-refractivity contribution is 0.799. The molecule has 0 aliphatic rings. The molecule has 0 N–H and O–H groups in total. The van der Waals surface area contributed by atoms with E-state index in [9.17, 15) is 4.79 Å². The van der Waals surface area contributed by atoms with Gasteiger partial charge < -0.3 is 0 Å². The fraction of sp³-hybridized carbons (Fsp3) is 0.229. The third kappa shape index (κ3) is 2.70. The Kier molecular flexibility index (Phi) is 4.63. The van der Waals surface area contributed by atoms with Crippen molar-refractivity contribution < 1.29 is 0 Å². The number of hydrogen-bond donors (Lipinski definition) is 0. The van der Waals surface area contributed by atoms with Crippen LogP contribution in [0.1, 0.15) is 50.7 Å². The number of imidazole rings is 1. The van der Waals surface area contributed by atoms with Gasteiger partial charge in [-0.1, -0.05) is 51.0 Å². The highest BCUT2D eigenvalue weighted by atomic mass is 127. The fourth-order valence-corrected chi connectivity index (χ4v) is 8.01. The maximum absolute atomic E-state index is 14.5. The SMILES string of the molecule is CCCCc1cc2c3c(=O)n4c5ccc(I)nc5nc4c3c3cc(CCCC)c4ccc5ccc1c1c5c4c3c21. The largest absolute Gasteiger partial charge is 0.268 e. The molecular formula is C35H26IN3O. The second-order valence-corrected chi connectivity index (χ2v) is 12.6. The van der Waals surface area contributed by atoms with Crippen LogP contribution in [0.3, 0.4) is 0 Å². The third-order valence-electron chi connectivity index (χ3n) is 9.32. The highest BCUT2D eigenvalue weighted by Crippen LogP contribution is 2.52. The van der Waals surface area contributed by atoms with Crippen molar-refractivity contribution in [3.63, 3.8) is 0 Å². The molecule has 9 rings (SSSR count). The van der Waals surface area contributed by atoms with Crippen LogP contribution in [0.2, 0.25) is 0 Å². The molecule has 0 saturated heterocycles. The number of nitrogens with zero attached hydrogens (tertiary/aromatic N) is 3. The topological polar surface area (TPSA) is 47.3 Å². The lowest BCUT2D eigenvalue weighted by atomic mass is 9.90. The van der Waals surface area contributed by atoms with Crippen molar-refractivity contribution in [3.05, 3.63) is 73.7 Å². The predicted molar refractivity (Wildman–Crippen MR) is 176 cm³/mol. The van der Waals surface area contributed by atoms with Gasteiger partial charge in [-0.05, 0) is 138 Å². The monoisotopic (exact) mass is 631 g/mol. The molecule has 0 bridgehead atoms. The molecule has 194 valence electrons. The van der Waals surface area contributed by atoms with Crippen LogP contribution in [0, 0.1) is 3.70 Å². The molecule has 40 heavy (non-hydrogen) atoms. The highest BCUT2D eigenvalue weighted by molar-refractivity contribution is 14.1. The van der Waals surface area contributed by atoms with Crippen molar-refractivity contribution in [2.75, 3.05) is 0 Å². The van der Waals surface area contributed by atoms with Crippen LogP contribution in [-0.2, 0) is 12.8 Å². The van der Waals surface area contributed by atoms with E-state index in [0.717, 1.165) is 69.5 Å². The molecule has 3 aromatic heterocycles. The van der Waals surface area contributed by atoms with Crippen LogP contribution >= 0.6 is 22.6 Å². The molecule has 0 unspecified atom stereocenters. The molecule has 0 aliphatic heterocycles. The number of hydrogen-bond acceptors (Lipinski definition) is 3. The number of unbranched alkanes of at least 4 members (excludes halogenated alkanes) is 2. The minimum Gasteiger partial charge on any atom is -0.268 e. The fourth-order valence-electron chi connectivity index (χ4n) is 7.60. The van der Waals surface area contributed by atoms with Crippen molar-refractivity contribution in [2.45, 2.75) is 52.4 Å². The molecule has 0 aliphatic carbocycles. The van der Waals surface area contributed by atoms with Crippen molar-refractivity contribution in [1.82, 2.24) is 14.4 Å². The molecule has 6 aromatic carbocycles. The first-order valence-corrected chi connectivity index (χ1v) is 15.5. The minimum atomic E-state index is 0.0246. The van der Waals surface area contributed by atoms with Crippen LogP contribution in [-0.4, -0.2) is 14.4 Å². The van der Waals surface area contributed by atoms with Crippen molar-refractivity contribution in [2.24, 2.45) is 0 Å². The molecule has 0 fully saturated rings. The summed E-state index contributed by atoms with van der Waals surface area (Å²) in [6, 6.07) is 18.0. The predicted octanol–water partition coefficient (Wildman–Crippen LogP) is 9.20. The van der Waals surface area contributed by atoms with Gasteiger partial charge in [0, 0.05) is 5.39 Å². The van der Waals surface area contributed by atoms with Gasteiger partial charge in [0.2, 0.25) is 0 Å². The molecule has 0 saturated carbocycles. The second-order valence-electron chi connectivity index (χ2n) is 11.5. The number of aryl methyl sites for hydroxylation is 2. The Morgan fingerprint density at radius 2 is 1.27 bits per heavy atom. The van der Waals surface area contributed by atoms with Gasteiger partial charge in [-0.3, -0.25) is 9.20 Å². The average Bonchev–Trinajstić information content (AvgIpc) is 3.61. The number of pyridine rings is 1. The summed E-state index contributed by atoms with van der Waals surface area (Å²) in [5.41, 5.74) is 4.92. The Morgan fingerprint density at radius 3 is 1.90 bits per heavy atom. The summed E-state index contributed by atoms with van der Waals surface area (Å²) in [6.45, 7) is 4.50. The van der Waals surface area contributed by atoms with Gasteiger partial charge in [0.1, 0.15) is 3.70 Å². The molecule has 5 heteroatoms. The first-order valence-electron chi connectivity index (χ1n) is 14.5. The summed E-state index contributed by atoms with van der Waals surface area (Å²) in [6.07, 6.45) is 6.60. The summed E-state index contributed by atoms with van der Waals surface area (Å²) in [4.78, 5) is 24.2. The van der Waals surface area contributed by atoms with E-state index in [4.69, 9.17) is 4.98 Å². The zero-order valence-electron chi connectivity index (χ0n) is 22.5. The average molecular weight is 632 g/mol. The Balaban J connectivity index is 1.62. The Morgan fingerprint density at radius 1 is 0.675 bits per heavy atom. The lowest BCUT2D eigenvalue weighted by Gasteiger charge is -2.12. The summed E-state index contributed by atoms with van der Waals surface area (Å²) in [7, 11) is 0. The second kappa shape index (κ2) is 8.00.